The van der Waals surface area contributed by atoms with E-state index in [2.05, 4.69) is 53.0 Å². The number of hydrogen-bond donors (Lipinski definition) is 0. The first-order valence-corrected chi connectivity index (χ1v) is 6.36. The number of aromatic nitrogens is 2. The van der Waals surface area contributed by atoms with Crippen molar-refractivity contribution in [1.29, 1.82) is 0 Å². The summed E-state index contributed by atoms with van der Waals surface area (Å²) < 4.78 is 0. The predicted molar refractivity (Wildman–Crippen MR) is 74.9 cm³/mol. The minimum atomic E-state index is 0.951. The highest BCUT2D eigenvalue weighted by Gasteiger charge is 2.15. The van der Waals surface area contributed by atoms with Crippen LogP contribution in [0.1, 0.15) is 18.9 Å². The second-order valence-corrected chi connectivity index (χ2v) is 4.91. The first-order valence-electron chi connectivity index (χ1n) is 6.36. The molecule has 2 aromatic rings. The summed E-state index contributed by atoms with van der Waals surface area (Å²) in [6.45, 7) is 6.32. The van der Waals surface area contributed by atoms with Crippen molar-refractivity contribution in [2.24, 2.45) is 0 Å². The van der Waals surface area contributed by atoms with Crippen LogP contribution in [0.3, 0.4) is 0 Å². The second kappa shape index (κ2) is 4.41. The highest BCUT2D eigenvalue weighted by atomic mass is 15.2. The summed E-state index contributed by atoms with van der Waals surface area (Å²) in [5.41, 5.74) is 3.75. The molecule has 3 rings (SSSR count). The van der Waals surface area contributed by atoms with Crippen molar-refractivity contribution >= 4 is 16.7 Å². The van der Waals surface area contributed by atoms with Crippen LogP contribution < -0.4 is 4.90 Å². The number of rotatable bonds is 1. The average molecular weight is 239 g/mol. The van der Waals surface area contributed by atoms with Gasteiger partial charge in [0.15, 0.2) is 0 Å². The van der Waals surface area contributed by atoms with Gasteiger partial charge in [0.2, 0.25) is 0 Å². The third kappa shape index (κ3) is 1.86. The lowest BCUT2D eigenvalue weighted by Gasteiger charge is -2.27. The van der Waals surface area contributed by atoms with Gasteiger partial charge >= 0.3 is 0 Å². The molecule has 0 spiro atoms. The molecular formula is C15H17N3. The maximum absolute atomic E-state index is 4.50. The van der Waals surface area contributed by atoms with E-state index >= 15 is 0 Å². The van der Waals surface area contributed by atoms with Gasteiger partial charge in [-0.25, -0.2) is 9.97 Å². The minimum Gasteiger partial charge on any atom is -0.352 e. The topological polar surface area (TPSA) is 29.0 Å². The fourth-order valence-electron chi connectivity index (χ4n) is 2.46. The molecule has 3 heteroatoms. The fraction of sp³-hybridized carbons (Fsp3) is 0.333. The number of fused-ring (bicyclic) bond motifs is 1. The molecule has 0 saturated heterocycles. The number of nitrogens with zero attached hydrogens (tertiary/aromatic N) is 3. The van der Waals surface area contributed by atoms with Gasteiger partial charge in [0, 0.05) is 18.5 Å². The van der Waals surface area contributed by atoms with Crippen LogP contribution in [0.2, 0.25) is 0 Å². The molecule has 0 fully saturated rings. The molecule has 92 valence electrons. The lowest BCUT2D eigenvalue weighted by atomic mass is 10.1. The molecule has 0 saturated carbocycles. The van der Waals surface area contributed by atoms with E-state index in [0.29, 0.717) is 0 Å². The maximum atomic E-state index is 4.50. The van der Waals surface area contributed by atoms with Gasteiger partial charge < -0.3 is 4.90 Å². The Kier molecular flexibility index (Phi) is 2.74. The van der Waals surface area contributed by atoms with E-state index < -0.39 is 0 Å². The van der Waals surface area contributed by atoms with Crippen LogP contribution in [-0.2, 0) is 0 Å². The van der Waals surface area contributed by atoms with Gasteiger partial charge in [-0.2, -0.15) is 0 Å². The monoisotopic (exact) mass is 239 g/mol. The number of anilines is 1. The molecule has 1 aromatic carbocycles. The van der Waals surface area contributed by atoms with Crippen molar-refractivity contribution in [1.82, 2.24) is 9.97 Å². The first kappa shape index (κ1) is 11.2. The van der Waals surface area contributed by atoms with E-state index in [1.54, 1.807) is 6.33 Å². The summed E-state index contributed by atoms with van der Waals surface area (Å²) in [7, 11) is 0. The zero-order valence-corrected chi connectivity index (χ0v) is 10.8. The number of hydrogen-bond acceptors (Lipinski definition) is 3. The molecule has 0 radical (unpaired) electrons. The van der Waals surface area contributed by atoms with Gasteiger partial charge in [-0.1, -0.05) is 23.8 Å². The fourth-order valence-corrected chi connectivity index (χ4v) is 2.46. The smallest absolute Gasteiger partial charge is 0.140 e. The Bertz CT molecular complexity index is 611. The molecule has 0 atom stereocenters. The molecule has 18 heavy (non-hydrogen) atoms. The van der Waals surface area contributed by atoms with Gasteiger partial charge in [-0.3, -0.25) is 0 Å². The Morgan fingerprint density at radius 1 is 1.17 bits per heavy atom. The lowest BCUT2D eigenvalue weighted by Crippen LogP contribution is -2.29. The van der Waals surface area contributed by atoms with Crippen LogP contribution >= 0.6 is 0 Å². The van der Waals surface area contributed by atoms with E-state index in [0.717, 1.165) is 30.8 Å². The molecule has 0 unspecified atom stereocenters. The Morgan fingerprint density at radius 2 is 2.06 bits per heavy atom. The van der Waals surface area contributed by atoms with E-state index in [1.807, 2.05) is 0 Å². The molecule has 0 N–H and O–H groups in total. The van der Waals surface area contributed by atoms with E-state index in [-0.39, 0.29) is 0 Å². The quantitative estimate of drug-likeness (QED) is 0.716. The normalized spacial score (nSPS) is 15.9. The van der Waals surface area contributed by atoms with Crippen LogP contribution in [0.25, 0.3) is 10.9 Å². The average Bonchev–Trinajstić information content (AvgIpc) is 2.39. The molecule has 1 aliphatic rings. The second-order valence-electron chi connectivity index (χ2n) is 4.91. The van der Waals surface area contributed by atoms with Crippen LogP contribution in [0.4, 0.5) is 5.82 Å². The van der Waals surface area contributed by atoms with E-state index in [9.17, 15) is 0 Å². The summed E-state index contributed by atoms with van der Waals surface area (Å²) in [6.07, 6.45) is 5.08. The summed E-state index contributed by atoms with van der Waals surface area (Å²) in [4.78, 5) is 11.2. The standard InChI is InChI=1S/C15H17N3/c1-11-6-8-18(9-7-11)15-14-12(2)4-3-5-13(14)16-10-17-15/h3-6,10H,7-9H2,1-2H3. The SMILES string of the molecule is CC1=CCN(c2ncnc3cccc(C)c23)CC1. The molecule has 0 amide bonds. The van der Waals surface area contributed by atoms with E-state index in [4.69, 9.17) is 0 Å². The van der Waals surface area contributed by atoms with Crippen molar-refractivity contribution < 1.29 is 0 Å². The molecule has 0 aliphatic carbocycles. The van der Waals surface area contributed by atoms with Crippen LogP contribution in [0.15, 0.2) is 36.2 Å². The minimum absolute atomic E-state index is 0.951. The summed E-state index contributed by atoms with van der Waals surface area (Å²) >= 11 is 0. The maximum Gasteiger partial charge on any atom is 0.140 e. The van der Waals surface area contributed by atoms with Gasteiger partial charge in [-0.15, -0.1) is 0 Å². The van der Waals surface area contributed by atoms with Crippen molar-refractivity contribution in [3.63, 3.8) is 0 Å². The molecule has 0 bridgehead atoms. The third-order valence-corrected chi connectivity index (χ3v) is 3.59. The number of benzene rings is 1. The van der Waals surface area contributed by atoms with Gasteiger partial charge in [-0.05, 0) is 31.9 Å². The van der Waals surface area contributed by atoms with Crippen molar-refractivity contribution in [3.05, 3.63) is 41.7 Å². The zero-order chi connectivity index (χ0) is 12.5. The highest BCUT2D eigenvalue weighted by molar-refractivity contribution is 5.92. The summed E-state index contributed by atoms with van der Waals surface area (Å²) in [5.74, 6) is 1.07. The summed E-state index contributed by atoms with van der Waals surface area (Å²) in [6, 6.07) is 6.23. The molecular weight excluding hydrogens is 222 g/mol. The largest absolute Gasteiger partial charge is 0.352 e. The zero-order valence-electron chi connectivity index (χ0n) is 10.8. The van der Waals surface area contributed by atoms with Gasteiger partial charge in [0.1, 0.15) is 12.1 Å². The Hall–Kier alpha value is -1.90. The van der Waals surface area contributed by atoms with Gasteiger partial charge in [0.25, 0.3) is 0 Å². The molecule has 1 aromatic heterocycles. The molecule has 1 aliphatic heterocycles. The van der Waals surface area contributed by atoms with Crippen LogP contribution in [0.5, 0.6) is 0 Å². The lowest BCUT2D eigenvalue weighted by molar-refractivity contribution is 0.777. The van der Waals surface area contributed by atoms with Crippen molar-refractivity contribution in [2.75, 3.05) is 18.0 Å². The van der Waals surface area contributed by atoms with Crippen LogP contribution in [-0.4, -0.2) is 23.1 Å². The van der Waals surface area contributed by atoms with E-state index in [1.165, 1.54) is 16.5 Å². The predicted octanol–water partition coefficient (Wildman–Crippen LogP) is 3.09. The Morgan fingerprint density at radius 3 is 2.83 bits per heavy atom. The Balaban J connectivity index is 2.12. The third-order valence-electron chi connectivity index (χ3n) is 3.59. The first-order chi connectivity index (χ1) is 8.75. The summed E-state index contributed by atoms with van der Waals surface area (Å²) in [5, 5.41) is 1.19. The Labute approximate surface area is 107 Å². The van der Waals surface area contributed by atoms with Crippen molar-refractivity contribution in [2.45, 2.75) is 20.3 Å². The highest BCUT2D eigenvalue weighted by Crippen LogP contribution is 2.27. The van der Waals surface area contributed by atoms with Crippen molar-refractivity contribution in [3.8, 4) is 0 Å². The molecule has 2 heterocycles. The number of aryl methyl sites for hydroxylation is 1. The van der Waals surface area contributed by atoms with Crippen LogP contribution in [0, 0.1) is 6.92 Å². The molecule has 3 nitrogen and oxygen atoms in total. The van der Waals surface area contributed by atoms with Gasteiger partial charge in [0.05, 0.1) is 5.52 Å².